The van der Waals surface area contributed by atoms with Gasteiger partial charge in [0.2, 0.25) is 0 Å². The fraction of sp³-hybridized carbons (Fsp3) is 0.385. The van der Waals surface area contributed by atoms with E-state index in [1.807, 2.05) is 0 Å². The Hall–Kier alpha value is -1.43. The number of methoxy groups -OCH3 is 1. The van der Waals surface area contributed by atoms with E-state index >= 15 is 0 Å². The summed E-state index contributed by atoms with van der Waals surface area (Å²) < 4.78 is 18.2. The Morgan fingerprint density at radius 2 is 2.00 bits per heavy atom. The molecule has 0 aromatic heterocycles. The van der Waals surface area contributed by atoms with Gasteiger partial charge in [0.25, 0.3) is 5.91 Å². The first-order chi connectivity index (χ1) is 8.86. The van der Waals surface area contributed by atoms with Gasteiger partial charge in [-0.15, -0.1) is 0 Å². The smallest absolute Gasteiger partial charge is 0.328 e. The summed E-state index contributed by atoms with van der Waals surface area (Å²) in [6.07, 6.45) is 0. The highest BCUT2D eigenvalue weighted by Crippen LogP contribution is 2.18. The van der Waals surface area contributed by atoms with Crippen LogP contribution in [0.2, 0.25) is 0 Å². The molecule has 0 spiro atoms. The third-order valence-electron chi connectivity index (χ3n) is 2.58. The molecule has 0 aliphatic rings. The van der Waals surface area contributed by atoms with E-state index in [9.17, 15) is 14.0 Å². The number of benzene rings is 1. The van der Waals surface area contributed by atoms with Crippen molar-refractivity contribution in [2.75, 3.05) is 7.11 Å². The van der Waals surface area contributed by atoms with Gasteiger partial charge in [-0.25, -0.2) is 9.18 Å². The predicted molar refractivity (Wildman–Crippen MR) is 72.2 cm³/mol. The molecule has 4 nitrogen and oxygen atoms in total. The number of nitrogens with one attached hydrogen (secondary N) is 1. The van der Waals surface area contributed by atoms with Gasteiger partial charge in [-0.2, -0.15) is 0 Å². The SMILES string of the molecule is COC(=O)C(NC(=O)c1cc(F)ccc1Br)C(C)C. The number of ether oxygens (including phenoxy) is 1. The second kappa shape index (κ2) is 6.65. The number of rotatable bonds is 4. The fourth-order valence-electron chi connectivity index (χ4n) is 1.52. The third kappa shape index (κ3) is 4.02. The standard InChI is InChI=1S/C13H15BrFNO3/c1-7(2)11(13(18)19-3)16-12(17)9-6-8(15)4-5-10(9)14/h4-7,11H,1-3H3,(H,16,17). The lowest BCUT2D eigenvalue weighted by Crippen LogP contribution is -2.45. The van der Waals surface area contributed by atoms with E-state index in [-0.39, 0.29) is 11.5 Å². The Bertz CT molecular complexity index is 491. The molecule has 0 fully saturated rings. The molecule has 1 amide bonds. The lowest BCUT2D eigenvalue weighted by Gasteiger charge is -2.20. The molecule has 0 radical (unpaired) electrons. The maximum atomic E-state index is 13.1. The molecule has 0 saturated carbocycles. The number of carbonyl (C=O) groups excluding carboxylic acids is 2. The highest BCUT2D eigenvalue weighted by atomic mass is 79.9. The molecule has 104 valence electrons. The largest absolute Gasteiger partial charge is 0.467 e. The van der Waals surface area contributed by atoms with Crippen LogP contribution in [0.25, 0.3) is 0 Å². The summed E-state index contributed by atoms with van der Waals surface area (Å²) in [5, 5.41) is 2.54. The van der Waals surface area contributed by atoms with Gasteiger partial charge in [0.15, 0.2) is 0 Å². The number of carbonyl (C=O) groups is 2. The summed E-state index contributed by atoms with van der Waals surface area (Å²) in [5.74, 6) is -1.72. The second-order valence-electron chi connectivity index (χ2n) is 4.34. The van der Waals surface area contributed by atoms with E-state index in [0.29, 0.717) is 4.47 Å². The van der Waals surface area contributed by atoms with E-state index in [1.165, 1.54) is 19.2 Å². The summed E-state index contributed by atoms with van der Waals surface area (Å²) in [4.78, 5) is 23.6. The van der Waals surface area contributed by atoms with Crippen LogP contribution in [-0.4, -0.2) is 25.0 Å². The third-order valence-corrected chi connectivity index (χ3v) is 3.27. The van der Waals surface area contributed by atoms with Crippen LogP contribution in [0.4, 0.5) is 4.39 Å². The first-order valence-electron chi connectivity index (χ1n) is 5.70. The Morgan fingerprint density at radius 1 is 1.37 bits per heavy atom. The van der Waals surface area contributed by atoms with Gasteiger partial charge < -0.3 is 10.1 Å². The van der Waals surface area contributed by atoms with E-state index in [0.717, 1.165) is 6.07 Å². The molecular formula is C13H15BrFNO3. The van der Waals surface area contributed by atoms with Crippen molar-refractivity contribution in [1.29, 1.82) is 0 Å². The highest BCUT2D eigenvalue weighted by Gasteiger charge is 2.26. The van der Waals surface area contributed by atoms with Gasteiger partial charge in [0.1, 0.15) is 11.9 Å². The van der Waals surface area contributed by atoms with Crippen molar-refractivity contribution >= 4 is 27.8 Å². The Labute approximate surface area is 119 Å². The van der Waals surface area contributed by atoms with Gasteiger partial charge >= 0.3 is 5.97 Å². The number of halogens is 2. The predicted octanol–water partition coefficient (Wildman–Crippen LogP) is 2.52. The molecule has 1 atom stereocenters. The van der Waals surface area contributed by atoms with Gasteiger partial charge in [0, 0.05) is 4.47 Å². The molecule has 1 rings (SSSR count). The number of hydrogen-bond donors (Lipinski definition) is 1. The fourth-order valence-corrected chi connectivity index (χ4v) is 1.94. The van der Waals surface area contributed by atoms with Crippen LogP contribution in [0.3, 0.4) is 0 Å². The normalized spacial score (nSPS) is 12.1. The lowest BCUT2D eigenvalue weighted by atomic mass is 10.0. The van der Waals surface area contributed by atoms with Crippen molar-refractivity contribution in [3.05, 3.63) is 34.1 Å². The van der Waals surface area contributed by atoms with E-state index in [1.54, 1.807) is 13.8 Å². The van der Waals surface area contributed by atoms with Crippen molar-refractivity contribution in [3.63, 3.8) is 0 Å². The molecule has 1 aromatic carbocycles. The quantitative estimate of drug-likeness (QED) is 0.862. The average molecular weight is 332 g/mol. The minimum absolute atomic E-state index is 0.134. The summed E-state index contributed by atoms with van der Waals surface area (Å²) in [7, 11) is 1.25. The van der Waals surface area contributed by atoms with Crippen LogP contribution < -0.4 is 5.32 Å². The molecule has 0 saturated heterocycles. The monoisotopic (exact) mass is 331 g/mol. The zero-order valence-electron chi connectivity index (χ0n) is 10.9. The van der Waals surface area contributed by atoms with Crippen LogP contribution >= 0.6 is 15.9 Å². The van der Waals surface area contributed by atoms with Crippen molar-refractivity contribution in [2.45, 2.75) is 19.9 Å². The molecule has 1 aromatic rings. The maximum Gasteiger partial charge on any atom is 0.328 e. The first-order valence-corrected chi connectivity index (χ1v) is 6.50. The molecule has 0 aliphatic carbocycles. The van der Waals surface area contributed by atoms with Gasteiger partial charge in [-0.1, -0.05) is 13.8 Å². The molecule has 0 bridgehead atoms. The molecule has 1 N–H and O–H groups in total. The van der Waals surface area contributed by atoms with Crippen molar-refractivity contribution < 1.29 is 18.7 Å². The minimum atomic E-state index is -0.771. The minimum Gasteiger partial charge on any atom is -0.467 e. The van der Waals surface area contributed by atoms with Gasteiger partial charge in [-0.05, 0) is 40.0 Å². The average Bonchev–Trinajstić information content (AvgIpc) is 2.37. The molecule has 1 unspecified atom stereocenters. The summed E-state index contributed by atoms with van der Waals surface area (Å²) in [6, 6.07) is 3.01. The number of esters is 1. The van der Waals surface area contributed by atoms with Crippen LogP contribution in [0.15, 0.2) is 22.7 Å². The van der Waals surface area contributed by atoms with Gasteiger partial charge in [-0.3, -0.25) is 4.79 Å². The van der Waals surface area contributed by atoms with Crippen molar-refractivity contribution in [3.8, 4) is 0 Å². The Balaban J connectivity index is 2.94. The number of amides is 1. The Kier molecular flexibility index (Phi) is 5.47. The summed E-state index contributed by atoms with van der Waals surface area (Å²) in [5.41, 5.74) is 0.134. The van der Waals surface area contributed by atoms with E-state index in [2.05, 4.69) is 26.0 Å². The van der Waals surface area contributed by atoms with Crippen molar-refractivity contribution in [2.24, 2.45) is 5.92 Å². The molecule has 19 heavy (non-hydrogen) atoms. The summed E-state index contributed by atoms with van der Waals surface area (Å²) >= 11 is 3.17. The van der Waals surface area contributed by atoms with Crippen LogP contribution in [0.5, 0.6) is 0 Å². The molecule has 0 aliphatic heterocycles. The van der Waals surface area contributed by atoms with E-state index in [4.69, 9.17) is 0 Å². The van der Waals surface area contributed by atoms with Crippen LogP contribution in [0, 0.1) is 11.7 Å². The molecular weight excluding hydrogens is 317 g/mol. The lowest BCUT2D eigenvalue weighted by molar-refractivity contribution is -0.144. The van der Waals surface area contributed by atoms with Crippen molar-refractivity contribution in [1.82, 2.24) is 5.32 Å². The van der Waals surface area contributed by atoms with Crippen LogP contribution in [-0.2, 0) is 9.53 Å². The topological polar surface area (TPSA) is 55.4 Å². The number of hydrogen-bond acceptors (Lipinski definition) is 3. The summed E-state index contributed by atoms with van der Waals surface area (Å²) in [6.45, 7) is 3.56. The van der Waals surface area contributed by atoms with E-state index < -0.39 is 23.7 Å². The maximum absolute atomic E-state index is 13.1. The van der Waals surface area contributed by atoms with Gasteiger partial charge in [0.05, 0.1) is 12.7 Å². The van der Waals surface area contributed by atoms with Crippen LogP contribution in [0.1, 0.15) is 24.2 Å². The zero-order valence-corrected chi connectivity index (χ0v) is 12.5. The first kappa shape index (κ1) is 15.6. The highest BCUT2D eigenvalue weighted by molar-refractivity contribution is 9.10. The second-order valence-corrected chi connectivity index (χ2v) is 5.20. The zero-order chi connectivity index (χ0) is 14.6. The molecule has 0 heterocycles. The Morgan fingerprint density at radius 3 is 2.53 bits per heavy atom. The molecule has 6 heteroatoms.